The van der Waals surface area contributed by atoms with Crippen LogP contribution < -0.4 is 10.2 Å². The van der Waals surface area contributed by atoms with Gasteiger partial charge in [-0.15, -0.1) is 0 Å². The molecule has 1 radical (unpaired) electrons. The third-order valence-corrected chi connectivity index (χ3v) is 11.9. The summed E-state index contributed by atoms with van der Waals surface area (Å²) in [5, 5.41) is 23.1. The number of hydrogen-bond acceptors (Lipinski definition) is 6. The molecule has 0 atom stereocenters. The van der Waals surface area contributed by atoms with Crippen LogP contribution in [0.15, 0.2) is 85.0 Å². The van der Waals surface area contributed by atoms with E-state index in [4.69, 9.17) is 9.97 Å². The number of fused-ring (bicyclic) bond motifs is 2. The van der Waals surface area contributed by atoms with Crippen LogP contribution in [-0.4, -0.2) is 45.8 Å². The van der Waals surface area contributed by atoms with Gasteiger partial charge in [-0.3, -0.25) is 9.97 Å². The van der Waals surface area contributed by atoms with Crippen LogP contribution in [0.25, 0.3) is 21.8 Å². The van der Waals surface area contributed by atoms with Gasteiger partial charge in [-0.25, -0.2) is 0 Å². The maximum absolute atomic E-state index is 10.3. The van der Waals surface area contributed by atoms with E-state index in [-0.39, 0.29) is 36.7 Å². The van der Waals surface area contributed by atoms with Gasteiger partial charge in [0.25, 0.3) is 0 Å². The average molecular weight is 964 g/mol. The van der Waals surface area contributed by atoms with E-state index in [0.717, 1.165) is 75.2 Å². The van der Waals surface area contributed by atoms with Gasteiger partial charge in [-0.2, -0.15) is 0 Å². The Morgan fingerprint density at radius 3 is 1.05 bits per heavy atom. The molecular weight excluding hydrogens is 883 g/mol. The van der Waals surface area contributed by atoms with Gasteiger partial charge < -0.3 is 19.8 Å². The van der Waals surface area contributed by atoms with E-state index in [2.05, 4.69) is 98.8 Å². The van der Waals surface area contributed by atoms with Crippen LogP contribution in [0.2, 0.25) is 0 Å². The number of para-hydroxylation sites is 2. The smallest absolute Gasteiger partial charge is 0.550 e. The molecule has 0 spiro atoms. The molecule has 0 aliphatic heterocycles. The van der Waals surface area contributed by atoms with Gasteiger partial charge in [0.15, 0.2) is 0 Å². The van der Waals surface area contributed by atoms with E-state index in [1.54, 1.807) is 0 Å². The molecule has 0 amide bonds. The molecule has 0 fully saturated rings. The number of hydrogen-bond donors (Lipinski definition) is 0. The molecule has 0 saturated carbocycles. The summed E-state index contributed by atoms with van der Waals surface area (Å²) in [5.41, 5.74) is 7.40. The molecule has 4 aromatic rings. The number of rotatable bonds is 34. The molecule has 0 N–H and O–H groups in total. The summed E-state index contributed by atoms with van der Waals surface area (Å²) in [4.78, 5) is 30.4. The van der Waals surface area contributed by atoms with Crippen molar-refractivity contribution in [3.8, 4) is 0 Å². The average Bonchev–Trinajstić information content (AvgIpc) is 3.26. The first-order valence-electron chi connectivity index (χ1n) is 24.7. The summed E-state index contributed by atoms with van der Waals surface area (Å²) in [5.74, 6) is -1.84. The topological polar surface area (TPSA) is 106 Å². The summed E-state index contributed by atoms with van der Waals surface area (Å²) in [6.07, 6.45) is 42.9. The minimum absolute atomic E-state index is 0. The van der Waals surface area contributed by atoms with Gasteiger partial charge in [-0.05, 0) is 152 Å². The first kappa shape index (κ1) is 55.6. The summed E-state index contributed by atoms with van der Waals surface area (Å²) in [6.45, 7) is 4.37. The molecule has 0 bridgehead atoms. The molecule has 2 aromatic carbocycles. The fourth-order valence-electron chi connectivity index (χ4n) is 8.15. The Bertz CT molecular complexity index is 1740. The largest absolute Gasteiger partial charge is 3.00 e. The molecule has 7 heteroatoms. The summed E-state index contributed by atoms with van der Waals surface area (Å²) < 4.78 is 0. The van der Waals surface area contributed by atoms with Crippen molar-refractivity contribution in [3.05, 3.63) is 107 Å². The number of pyridine rings is 2. The van der Waals surface area contributed by atoms with Gasteiger partial charge in [0.2, 0.25) is 0 Å². The first-order valence-corrected chi connectivity index (χ1v) is 24.7. The molecule has 341 valence electrons. The zero-order valence-electron chi connectivity index (χ0n) is 39.3. The van der Waals surface area contributed by atoms with E-state index in [0.29, 0.717) is 0 Å². The number of unbranched alkanes of at least 4 members (excludes halogenated alkanes) is 22. The van der Waals surface area contributed by atoms with Crippen molar-refractivity contribution >= 4 is 57.7 Å². The molecule has 0 saturated heterocycles. The Morgan fingerprint density at radius 1 is 0.429 bits per heavy atom. The van der Waals surface area contributed by atoms with Crippen LogP contribution >= 0.6 is 0 Å². The fraction of sp³-hybridized carbons (Fsp3) is 0.571. The predicted octanol–water partition coefficient (Wildman–Crippen LogP) is 13.3. The number of aliphatic carboxylic acids is 2. The van der Waals surface area contributed by atoms with Crippen molar-refractivity contribution < 1.29 is 19.8 Å². The molecule has 2 aromatic heterocycles. The molecule has 0 aliphatic carbocycles. The molecule has 4 rings (SSSR count). The molecule has 63 heavy (non-hydrogen) atoms. The molecule has 6 nitrogen and oxygen atoms in total. The van der Waals surface area contributed by atoms with E-state index in [9.17, 15) is 19.8 Å². The van der Waals surface area contributed by atoms with Gasteiger partial charge in [0, 0.05) is 34.1 Å². The number of benzene rings is 2. The number of carbonyl (C=O) groups excluding carboxylic acids is 2. The Kier molecular flexibility index (Phi) is 32.5. The minimum Gasteiger partial charge on any atom is -0.550 e. The van der Waals surface area contributed by atoms with E-state index in [1.165, 1.54) is 149 Å². The van der Waals surface area contributed by atoms with Crippen LogP contribution in [0, 0.1) is 13.8 Å². The fourth-order valence-corrected chi connectivity index (χ4v) is 8.15. The molecule has 2 heterocycles. The normalized spacial score (nSPS) is 11.3. The van der Waals surface area contributed by atoms with E-state index in [1.807, 2.05) is 0 Å². The SMILES string of the molecule is Cc1cc2ccccc2nc1CCCCCCCC/C=C\CCCCCCCC(=O)[O-].Cc1cc2ccccc2nc1CCCCCCCC/C=C\CCCCCCCC(=O)[O-].[Sn+3]. The predicted molar refractivity (Wildman–Crippen MR) is 264 cm³/mol. The van der Waals surface area contributed by atoms with Crippen molar-refractivity contribution in [2.75, 3.05) is 0 Å². The quantitative estimate of drug-likeness (QED) is 0.0262. The van der Waals surface area contributed by atoms with Crippen LogP contribution in [0.3, 0.4) is 0 Å². The second-order valence-electron chi connectivity index (χ2n) is 17.5. The number of aromatic nitrogens is 2. The number of aryl methyl sites for hydroxylation is 4. The Morgan fingerprint density at radius 2 is 0.714 bits per heavy atom. The number of carboxylic acid groups (broad SMARTS) is 2. The number of carbonyl (C=O) groups is 2. The zero-order chi connectivity index (χ0) is 44.3. The Balaban J connectivity index is 0.000000427. The van der Waals surface area contributed by atoms with Gasteiger partial charge in [0.05, 0.1) is 11.0 Å². The second kappa shape index (κ2) is 36.8. The summed E-state index contributed by atoms with van der Waals surface area (Å²) in [7, 11) is 0. The monoisotopic (exact) mass is 965 g/mol. The second-order valence-corrected chi connectivity index (χ2v) is 17.5. The molecule has 0 aliphatic rings. The van der Waals surface area contributed by atoms with Crippen molar-refractivity contribution in [3.63, 3.8) is 0 Å². The number of allylic oxidation sites excluding steroid dienone is 4. The van der Waals surface area contributed by atoms with Crippen LogP contribution in [0.4, 0.5) is 0 Å². The third-order valence-electron chi connectivity index (χ3n) is 11.9. The minimum atomic E-state index is -0.920. The number of carboxylic acids is 2. The maximum Gasteiger partial charge on any atom is 3.00 e. The maximum atomic E-state index is 10.3. The van der Waals surface area contributed by atoms with Crippen LogP contribution in [-0.2, 0) is 22.4 Å². The molecular formula is C56H80N2O4Sn+. The van der Waals surface area contributed by atoms with Crippen LogP contribution in [0.1, 0.15) is 202 Å². The van der Waals surface area contributed by atoms with Crippen LogP contribution in [0.5, 0.6) is 0 Å². The number of nitrogens with zero attached hydrogens (tertiary/aromatic N) is 2. The zero-order valence-corrected chi connectivity index (χ0v) is 42.2. The van der Waals surface area contributed by atoms with E-state index < -0.39 is 11.9 Å². The van der Waals surface area contributed by atoms with Crippen molar-refractivity contribution in [1.82, 2.24) is 9.97 Å². The summed E-state index contributed by atoms with van der Waals surface area (Å²) in [6, 6.07) is 21.3. The Labute approximate surface area is 399 Å². The van der Waals surface area contributed by atoms with Crippen molar-refractivity contribution in [2.24, 2.45) is 0 Å². The van der Waals surface area contributed by atoms with Gasteiger partial charge >= 0.3 is 23.9 Å². The summed E-state index contributed by atoms with van der Waals surface area (Å²) >= 11 is 0. The first-order chi connectivity index (χ1) is 30.3. The standard InChI is InChI=1S/2C28H41NO2.Sn/c2*1-24-23-25-19-17-18-21-27(25)29-26(24)20-15-13-11-9-7-5-3-2-4-6-8-10-12-14-16-22-28(30)31;/h2*2,4,17-19,21,23H,3,5-16,20,22H2,1H3,(H,30,31);/q;;+3/p-2/b2*4-2-;. The van der Waals surface area contributed by atoms with Gasteiger partial charge in [-0.1, -0.05) is 151 Å². The Hall–Kier alpha value is -3.52. The van der Waals surface area contributed by atoms with Crippen molar-refractivity contribution in [2.45, 2.75) is 206 Å². The van der Waals surface area contributed by atoms with E-state index >= 15 is 0 Å². The molecule has 0 unspecified atom stereocenters. The van der Waals surface area contributed by atoms with Gasteiger partial charge in [0.1, 0.15) is 0 Å². The third kappa shape index (κ3) is 27.4. The van der Waals surface area contributed by atoms with Crippen molar-refractivity contribution in [1.29, 1.82) is 0 Å².